The third-order valence-electron chi connectivity index (χ3n) is 3.38. The molecule has 124 valence electrons. The fraction of sp³-hybridized carbons (Fsp3) is 0.125. The van der Waals surface area contributed by atoms with E-state index in [0.29, 0.717) is 5.01 Å². The molecule has 0 spiro atoms. The summed E-state index contributed by atoms with van der Waals surface area (Å²) in [5.74, 6) is -0.434. The van der Waals surface area contributed by atoms with Crippen molar-refractivity contribution < 1.29 is 12.8 Å². The number of hydrogen-bond acceptors (Lipinski definition) is 5. The van der Waals surface area contributed by atoms with Gasteiger partial charge in [-0.25, -0.2) is 22.5 Å². The predicted molar refractivity (Wildman–Crippen MR) is 90.5 cm³/mol. The van der Waals surface area contributed by atoms with Crippen LogP contribution in [-0.4, -0.2) is 18.4 Å². The summed E-state index contributed by atoms with van der Waals surface area (Å²) in [7, 11) is -3.71. The molecular weight excluding hydrogens is 349 g/mol. The lowest BCUT2D eigenvalue weighted by Gasteiger charge is -2.06. The van der Waals surface area contributed by atoms with E-state index in [9.17, 15) is 12.8 Å². The molecule has 1 aromatic carbocycles. The maximum absolute atomic E-state index is 13.3. The van der Waals surface area contributed by atoms with E-state index in [1.165, 1.54) is 30.4 Å². The standard InChI is InChI=1S/C16H14FN3O2S2/c1-11-8-13(2-3-14(11)17)24(21,22)19-9-16-20-15(10-23-16)12-4-6-18-7-5-12/h2-8,10,19H,9H2,1H3. The Balaban J connectivity index is 1.73. The number of rotatable bonds is 5. The molecule has 0 bridgehead atoms. The molecule has 0 unspecified atom stereocenters. The van der Waals surface area contributed by atoms with Crippen LogP contribution in [0.15, 0.2) is 53.0 Å². The molecule has 3 rings (SSSR count). The molecule has 2 heterocycles. The van der Waals surface area contributed by atoms with E-state index in [1.807, 2.05) is 17.5 Å². The highest BCUT2D eigenvalue weighted by molar-refractivity contribution is 7.89. The van der Waals surface area contributed by atoms with E-state index >= 15 is 0 Å². The molecule has 0 amide bonds. The third-order valence-corrected chi connectivity index (χ3v) is 5.63. The maximum Gasteiger partial charge on any atom is 0.240 e. The second kappa shape index (κ2) is 6.76. The summed E-state index contributed by atoms with van der Waals surface area (Å²) in [5, 5.41) is 2.50. The zero-order chi connectivity index (χ0) is 17.2. The van der Waals surface area contributed by atoms with E-state index in [2.05, 4.69) is 14.7 Å². The average Bonchev–Trinajstić information content (AvgIpc) is 3.05. The topological polar surface area (TPSA) is 72.0 Å². The van der Waals surface area contributed by atoms with Crippen LogP contribution in [0.2, 0.25) is 0 Å². The molecule has 0 saturated carbocycles. The van der Waals surface area contributed by atoms with Crippen LogP contribution >= 0.6 is 11.3 Å². The number of nitrogens with one attached hydrogen (secondary N) is 1. The summed E-state index contributed by atoms with van der Waals surface area (Å²) in [5.41, 5.74) is 1.98. The summed E-state index contributed by atoms with van der Waals surface area (Å²) in [4.78, 5) is 8.40. The molecule has 0 aliphatic heterocycles. The van der Waals surface area contributed by atoms with Crippen molar-refractivity contribution in [3.8, 4) is 11.3 Å². The number of aryl methyl sites for hydroxylation is 1. The number of nitrogens with zero attached hydrogens (tertiary/aromatic N) is 2. The smallest absolute Gasteiger partial charge is 0.240 e. The van der Waals surface area contributed by atoms with Gasteiger partial charge in [0.25, 0.3) is 0 Å². The van der Waals surface area contributed by atoms with Crippen LogP contribution in [-0.2, 0) is 16.6 Å². The lowest BCUT2D eigenvalue weighted by Crippen LogP contribution is -2.23. The zero-order valence-corrected chi connectivity index (χ0v) is 14.4. The van der Waals surface area contributed by atoms with Crippen LogP contribution in [0.3, 0.4) is 0 Å². The molecule has 0 aliphatic rings. The summed E-state index contributed by atoms with van der Waals surface area (Å²) < 4.78 is 40.3. The molecule has 1 N–H and O–H groups in total. The normalized spacial score (nSPS) is 11.6. The summed E-state index contributed by atoms with van der Waals surface area (Å²) in [6, 6.07) is 7.38. The Morgan fingerprint density at radius 3 is 2.67 bits per heavy atom. The highest BCUT2D eigenvalue weighted by Gasteiger charge is 2.16. The van der Waals surface area contributed by atoms with Gasteiger partial charge in [0.05, 0.1) is 17.1 Å². The fourth-order valence-electron chi connectivity index (χ4n) is 2.07. The van der Waals surface area contributed by atoms with Gasteiger partial charge in [-0.3, -0.25) is 4.98 Å². The van der Waals surface area contributed by atoms with Gasteiger partial charge in [0, 0.05) is 23.3 Å². The van der Waals surface area contributed by atoms with E-state index in [-0.39, 0.29) is 17.0 Å². The van der Waals surface area contributed by atoms with Crippen LogP contribution in [0.25, 0.3) is 11.3 Å². The first-order valence-electron chi connectivity index (χ1n) is 7.06. The van der Waals surface area contributed by atoms with E-state index in [4.69, 9.17) is 0 Å². The Kier molecular flexibility index (Phi) is 4.70. The number of aromatic nitrogens is 2. The lowest BCUT2D eigenvalue weighted by atomic mass is 10.2. The molecule has 0 radical (unpaired) electrons. The molecule has 0 fully saturated rings. The number of pyridine rings is 1. The van der Waals surface area contributed by atoms with Crippen LogP contribution < -0.4 is 4.72 Å². The highest BCUT2D eigenvalue weighted by atomic mass is 32.2. The number of sulfonamides is 1. The van der Waals surface area contributed by atoms with Gasteiger partial charge < -0.3 is 0 Å². The predicted octanol–water partition coefficient (Wildman–Crippen LogP) is 3.13. The van der Waals surface area contributed by atoms with Gasteiger partial charge in [0.15, 0.2) is 0 Å². The molecule has 24 heavy (non-hydrogen) atoms. The highest BCUT2D eigenvalue weighted by Crippen LogP contribution is 2.21. The summed E-state index contributed by atoms with van der Waals surface area (Å²) >= 11 is 1.37. The Labute approximate surface area is 143 Å². The quantitative estimate of drug-likeness (QED) is 0.756. The number of thiazole rings is 1. The number of benzene rings is 1. The summed E-state index contributed by atoms with van der Waals surface area (Å²) in [6.45, 7) is 1.60. The van der Waals surface area contributed by atoms with Gasteiger partial charge in [0.2, 0.25) is 10.0 Å². The Bertz CT molecular complexity index is 956. The van der Waals surface area contributed by atoms with Crippen molar-refractivity contribution in [2.24, 2.45) is 0 Å². The molecule has 3 aromatic rings. The maximum atomic E-state index is 13.3. The van der Waals surface area contributed by atoms with Crippen LogP contribution in [0, 0.1) is 12.7 Å². The van der Waals surface area contributed by atoms with E-state index in [1.54, 1.807) is 12.4 Å². The van der Waals surface area contributed by atoms with Crippen molar-refractivity contribution in [2.75, 3.05) is 0 Å². The summed E-state index contributed by atoms with van der Waals surface area (Å²) in [6.07, 6.45) is 3.35. The molecular formula is C16H14FN3O2S2. The van der Waals surface area contributed by atoms with Crippen molar-refractivity contribution in [2.45, 2.75) is 18.4 Å². The number of halogens is 1. The van der Waals surface area contributed by atoms with Gasteiger partial charge >= 0.3 is 0 Å². The van der Waals surface area contributed by atoms with Crippen molar-refractivity contribution in [1.82, 2.24) is 14.7 Å². The Morgan fingerprint density at radius 2 is 1.96 bits per heavy atom. The zero-order valence-electron chi connectivity index (χ0n) is 12.7. The van der Waals surface area contributed by atoms with Crippen molar-refractivity contribution in [3.05, 3.63) is 64.5 Å². The average molecular weight is 363 g/mol. The van der Waals surface area contributed by atoms with Crippen LogP contribution in [0.5, 0.6) is 0 Å². The lowest BCUT2D eigenvalue weighted by molar-refractivity contribution is 0.579. The van der Waals surface area contributed by atoms with Gasteiger partial charge in [-0.2, -0.15) is 0 Å². The SMILES string of the molecule is Cc1cc(S(=O)(=O)NCc2nc(-c3ccncc3)cs2)ccc1F. The van der Waals surface area contributed by atoms with Crippen LogP contribution in [0.1, 0.15) is 10.6 Å². The second-order valence-electron chi connectivity index (χ2n) is 5.10. The molecule has 8 heteroatoms. The molecule has 0 saturated heterocycles. The van der Waals surface area contributed by atoms with E-state index in [0.717, 1.165) is 17.3 Å². The van der Waals surface area contributed by atoms with Crippen molar-refractivity contribution in [1.29, 1.82) is 0 Å². The molecule has 0 aliphatic carbocycles. The molecule has 2 aromatic heterocycles. The Morgan fingerprint density at radius 1 is 1.21 bits per heavy atom. The number of hydrogen-bond donors (Lipinski definition) is 1. The van der Waals surface area contributed by atoms with Gasteiger partial charge in [0.1, 0.15) is 10.8 Å². The minimum absolute atomic E-state index is 0.0345. The van der Waals surface area contributed by atoms with Gasteiger partial charge in [-0.05, 0) is 42.8 Å². The Hall–Kier alpha value is -2.16. The van der Waals surface area contributed by atoms with E-state index < -0.39 is 15.8 Å². The first-order chi connectivity index (χ1) is 11.5. The molecule has 0 atom stereocenters. The first-order valence-corrected chi connectivity index (χ1v) is 9.42. The minimum atomic E-state index is -3.71. The third kappa shape index (κ3) is 3.66. The van der Waals surface area contributed by atoms with Crippen molar-refractivity contribution >= 4 is 21.4 Å². The fourth-order valence-corrected chi connectivity index (χ4v) is 3.98. The monoisotopic (exact) mass is 363 g/mol. The largest absolute Gasteiger partial charge is 0.265 e. The molecule has 5 nitrogen and oxygen atoms in total. The van der Waals surface area contributed by atoms with Crippen LogP contribution in [0.4, 0.5) is 4.39 Å². The second-order valence-corrected chi connectivity index (χ2v) is 7.81. The van der Waals surface area contributed by atoms with Crippen molar-refractivity contribution in [3.63, 3.8) is 0 Å². The van der Waals surface area contributed by atoms with Gasteiger partial charge in [-0.15, -0.1) is 11.3 Å². The minimum Gasteiger partial charge on any atom is -0.265 e. The first kappa shape index (κ1) is 16.7. The van der Waals surface area contributed by atoms with Gasteiger partial charge in [-0.1, -0.05) is 0 Å².